The topological polar surface area (TPSA) is 93.1 Å². The summed E-state index contributed by atoms with van der Waals surface area (Å²) in [6.45, 7) is 7.03. The molecule has 0 aromatic rings. The van der Waals surface area contributed by atoms with Crippen LogP contribution in [0.3, 0.4) is 0 Å². The van der Waals surface area contributed by atoms with Crippen LogP contribution in [-0.4, -0.2) is 48.6 Å². The first-order chi connectivity index (χ1) is 8.62. The van der Waals surface area contributed by atoms with Crippen LogP contribution in [0.5, 0.6) is 0 Å². The Morgan fingerprint density at radius 3 is 1.44 bits per heavy atom. The summed E-state index contributed by atoms with van der Waals surface area (Å²) in [5.41, 5.74) is 0. The van der Waals surface area contributed by atoms with Gasteiger partial charge in [0.25, 0.3) is 0 Å². The molecule has 0 fully saturated rings. The van der Waals surface area contributed by atoms with E-state index in [1.165, 1.54) is 0 Å². The summed E-state index contributed by atoms with van der Waals surface area (Å²) in [5.74, 6) is -0.882. The number of rotatable bonds is 8. The van der Waals surface area contributed by atoms with Gasteiger partial charge in [0.2, 0.25) is 0 Å². The molecule has 0 saturated carbocycles. The second-order valence-corrected chi connectivity index (χ2v) is 2.90. The summed E-state index contributed by atoms with van der Waals surface area (Å²) in [5, 5.41) is 16.5. The fourth-order valence-electron chi connectivity index (χ4n) is 0.592. The molecule has 0 aromatic heterocycles. The van der Waals surface area contributed by atoms with Gasteiger partial charge in [0.05, 0.1) is 13.2 Å². The number of aliphatic hydroxyl groups excluding tert-OH is 2. The van der Waals surface area contributed by atoms with Crippen molar-refractivity contribution in [3.8, 4) is 0 Å². The van der Waals surface area contributed by atoms with E-state index >= 15 is 0 Å². The Labute approximate surface area is 107 Å². The molecule has 0 aliphatic rings. The van der Waals surface area contributed by atoms with E-state index in [0.717, 1.165) is 12.2 Å². The van der Waals surface area contributed by atoms with Gasteiger partial charge in [-0.2, -0.15) is 0 Å². The first-order valence-corrected chi connectivity index (χ1v) is 5.42. The number of carbonyl (C=O) groups is 2. The van der Waals surface area contributed by atoms with Gasteiger partial charge in [-0.3, -0.25) is 0 Å². The van der Waals surface area contributed by atoms with E-state index in [2.05, 4.69) is 22.6 Å². The summed E-state index contributed by atoms with van der Waals surface area (Å²) in [6, 6.07) is 0. The molecule has 0 amide bonds. The molecular formula is C12H20O6. The fourth-order valence-corrected chi connectivity index (χ4v) is 0.592. The molecule has 0 bridgehead atoms. The fraction of sp³-hybridized carbons (Fsp3) is 0.500. The van der Waals surface area contributed by atoms with E-state index < -0.39 is 11.9 Å². The Morgan fingerprint density at radius 2 is 1.22 bits per heavy atom. The second kappa shape index (κ2) is 15.3. The highest BCUT2D eigenvalue weighted by Gasteiger charge is 1.92. The van der Waals surface area contributed by atoms with Crippen molar-refractivity contribution < 1.29 is 29.3 Å². The van der Waals surface area contributed by atoms with E-state index in [9.17, 15) is 9.59 Å². The molecule has 0 aliphatic heterocycles. The van der Waals surface area contributed by atoms with Crippen LogP contribution >= 0.6 is 0 Å². The lowest BCUT2D eigenvalue weighted by Crippen LogP contribution is -2.02. The van der Waals surface area contributed by atoms with E-state index in [4.69, 9.17) is 10.2 Å². The zero-order chi connectivity index (χ0) is 14.2. The molecular weight excluding hydrogens is 240 g/mol. The van der Waals surface area contributed by atoms with Gasteiger partial charge < -0.3 is 19.7 Å². The van der Waals surface area contributed by atoms with Gasteiger partial charge in [0, 0.05) is 38.2 Å². The second-order valence-electron chi connectivity index (χ2n) is 2.90. The van der Waals surface area contributed by atoms with Crippen LogP contribution in [0.2, 0.25) is 0 Å². The summed E-state index contributed by atoms with van der Waals surface area (Å²) >= 11 is 0. The van der Waals surface area contributed by atoms with Gasteiger partial charge in [-0.15, -0.1) is 0 Å². The van der Waals surface area contributed by atoms with Crippen LogP contribution < -0.4 is 0 Å². The Kier molecular flexibility index (Phi) is 15.9. The minimum atomic E-state index is -0.441. The summed E-state index contributed by atoms with van der Waals surface area (Å²) in [6.07, 6.45) is 3.16. The third kappa shape index (κ3) is 16.8. The van der Waals surface area contributed by atoms with Gasteiger partial charge in [0.1, 0.15) is 0 Å². The maximum Gasteiger partial charge on any atom is 0.330 e. The van der Waals surface area contributed by atoms with Crippen molar-refractivity contribution >= 4 is 11.9 Å². The van der Waals surface area contributed by atoms with Gasteiger partial charge in [-0.1, -0.05) is 13.2 Å². The van der Waals surface area contributed by atoms with E-state index in [-0.39, 0.29) is 26.4 Å². The van der Waals surface area contributed by atoms with Crippen molar-refractivity contribution in [3.05, 3.63) is 25.3 Å². The largest absolute Gasteiger partial charge is 0.462 e. The van der Waals surface area contributed by atoms with Crippen molar-refractivity contribution in [2.75, 3.05) is 26.4 Å². The Morgan fingerprint density at radius 1 is 0.889 bits per heavy atom. The lowest BCUT2D eigenvalue weighted by atomic mass is 10.5. The quantitative estimate of drug-likeness (QED) is 0.368. The Bertz CT molecular complexity index is 223. The van der Waals surface area contributed by atoms with Crippen molar-refractivity contribution in [2.45, 2.75) is 12.8 Å². The number of aliphatic hydroxyl groups is 2. The normalized spacial score (nSPS) is 8.56. The average molecular weight is 260 g/mol. The van der Waals surface area contributed by atoms with E-state index in [1.54, 1.807) is 0 Å². The molecule has 0 radical (unpaired) electrons. The zero-order valence-corrected chi connectivity index (χ0v) is 10.3. The standard InChI is InChI=1S/2C6H10O3/c2*1-2-6(8)9-5-3-4-7/h2*2,7H,1,3-5H2. The monoisotopic (exact) mass is 260 g/mol. The van der Waals surface area contributed by atoms with Gasteiger partial charge in [-0.05, 0) is 0 Å². The van der Waals surface area contributed by atoms with Crippen molar-refractivity contribution in [1.29, 1.82) is 0 Å². The molecule has 18 heavy (non-hydrogen) atoms. The third-order valence-electron chi connectivity index (χ3n) is 1.43. The van der Waals surface area contributed by atoms with E-state index in [0.29, 0.717) is 12.8 Å². The first kappa shape index (κ1) is 18.7. The van der Waals surface area contributed by atoms with Gasteiger partial charge in [0.15, 0.2) is 0 Å². The maximum atomic E-state index is 10.3. The predicted octanol–water partition coefficient (Wildman–Crippen LogP) is 0.196. The first-order valence-electron chi connectivity index (χ1n) is 5.42. The van der Waals surface area contributed by atoms with Gasteiger partial charge in [-0.25, -0.2) is 9.59 Å². The molecule has 104 valence electrons. The molecule has 0 aromatic carbocycles. The van der Waals surface area contributed by atoms with Crippen LogP contribution in [0.25, 0.3) is 0 Å². The molecule has 6 nitrogen and oxygen atoms in total. The van der Waals surface area contributed by atoms with Crippen LogP contribution in [0.15, 0.2) is 25.3 Å². The van der Waals surface area contributed by atoms with Crippen LogP contribution in [-0.2, 0) is 19.1 Å². The number of ether oxygens (including phenoxy) is 2. The number of esters is 2. The summed E-state index contributed by atoms with van der Waals surface area (Å²) < 4.78 is 9.03. The highest BCUT2D eigenvalue weighted by atomic mass is 16.5. The molecule has 0 rings (SSSR count). The molecule has 0 unspecified atom stereocenters. The van der Waals surface area contributed by atoms with Gasteiger partial charge >= 0.3 is 11.9 Å². The van der Waals surface area contributed by atoms with Crippen LogP contribution in [0.1, 0.15) is 12.8 Å². The third-order valence-corrected chi connectivity index (χ3v) is 1.43. The number of carbonyl (C=O) groups excluding carboxylic acids is 2. The van der Waals surface area contributed by atoms with Crippen molar-refractivity contribution in [1.82, 2.24) is 0 Å². The molecule has 0 atom stereocenters. The summed E-state index contributed by atoms with van der Waals surface area (Å²) in [7, 11) is 0. The molecule has 6 heteroatoms. The zero-order valence-electron chi connectivity index (χ0n) is 10.3. The Balaban J connectivity index is 0. The predicted molar refractivity (Wildman–Crippen MR) is 65.7 cm³/mol. The average Bonchev–Trinajstić information content (AvgIpc) is 2.39. The highest BCUT2D eigenvalue weighted by molar-refractivity contribution is 5.81. The minimum Gasteiger partial charge on any atom is -0.462 e. The number of hydrogen-bond donors (Lipinski definition) is 2. The minimum absolute atomic E-state index is 0.0461. The van der Waals surface area contributed by atoms with E-state index in [1.807, 2.05) is 0 Å². The molecule has 0 saturated heterocycles. The van der Waals surface area contributed by atoms with Crippen LogP contribution in [0, 0.1) is 0 Å². The SMILES string of the molecule is C=CC(=O)OCCCO.C=CC(=O)OCCCO. The van der Waals surface area contributed by atoms with Crippen molar-refractivity contribution in [2.24, 2.45) is 0 Å². The Hall–Kier alpha value is -1.66. The number of hydrogen-bond acceptors (Lipinski definition) is 6. The maximum absolute atomic E-state index is 10.3. The molecule has 2 N–H and O–H groups in total. The molecule has 0 heterocycles. The lowest BCUT2D eigenvalue weighted by molar-refractivity contribution is -0.138. The highest BCUT2D eigenvalue weighted by Crippen LogP contribution is 1.82. The summed E-state index contributed by atoms with van der Waals surface area (Å²) in [4.78, 5) is 20.5. The molecule has 0 aliphatic carbocycles. The van der Waals surface area contributed by atoms with Crippen molar-refractivity contribution in [3.63, 3.8) is 0 Å². The smallest absolute Gasteiger partial charge is 0.330 e. The molecule has 0 spiro atoms. The lowest BCUT2D eigenvalue weighted by Gasteiger charge is -1.96. The van der Waals surface area contributed by atoms with Crippen LogP contribution in [0.4, 0.5) is 0 Å².